The summed E-state index contributed by atoms with van der Waals surface area (Å²) in [7, 11) is 0. The van der Waals surface area contributed by atoms with E-state index in [1.165, 1.54) is 19.3 Å². The highest BCUT2D eigenvalue weighted by atomic mass is 16.4. The third-order valence-corrected chi connectivity index (χ3v) is 3.97. The van der Waals surface area contributed by atoms with E-state index in [1.54, 1.807) is 0 Å². The van der Waals surface area contributed by atoms with Crippen LogP contribution in [0.4, 0.5) is 0 Å². The number of unbranched alkanes of at least 4 members (excludes halogenated alkanes) is 3. The van der Waals surface area contributed by atoms with Crippen LogP contribution in [0.5, 0.6) is 0 Å². The number of aliphatic carboxylic acids is 1. The molecular weight excluding hydrogens is 254 g/mol. The maximum atomic E-state index is 12.2. The molecule has 3 unspecified atom stereocenters. The number of nitrogens with one attached hydrogen (secondary N) is 1. The molecule has 0 aromatic heterocycles. The Balaban J connectivity index is 2.40. The molecule has 0 heterocycles. The zero-order chi connectivity index (χ0) is 15.0. The summed E-state index contributed by atoms with van der Waals surface area (Å²) in [4.78, 5) is 23.4. The minimum Gasteiger partial charge on any atom is -0.481 e. The van der Waals surface area contributed by atoms with E-state index in [0.717, 1.165) is 12.8 Å². The second kappa shape index (κ2) is 8.77. The molecule has 0 fully saturated rings. The van der Waals surface area contributed by atoms with E-state index in [9.17, 15) is 14.7 Å². The van der Waals surface area contributed by atoms with Crippen molar-refractivity contribution < 1.29 is 14.7 Å². The summed E-state index contributed by atoms with van der Waals surface area (Å²) in [5, 5.41) is 12.2. The summed E-state index contributed by atoms with van der Waals surface area (Å²) in [6, 6.07) is 0.125. The van der Waals surface area contributed by atoms with Crippen molar-refractivity contribution in [1.29, 1.82) is 0 Å². The minimum atomic E-state index is -0.870. The van der Waals surface area contributed by atoms with E-state index >= 15 is 0 Å². The number of carbonyl (C=O) groups excluding carboxylic acids is 1. The fourth-order valence-electron chi connectivity index (χ4n) is 2.68. The Kier molecular flexibility index (Phi) is 7.34. The largest absolute Gasteiger partial charge is 0.481 e. The first-order valence-electron chi connectivity index (χ1n) is 7.74. The van der Waals surface area contributed by atoms with Gasteiger partial charge < -0.3 is 10.4 Å². The van der Waals surface area contributed by atoms with Gasteiger partial charge in [0.15, 0.2) is 0 Å². The molecule has 0 bridgehead atoms. The van der Waals surface area contributed by atoms with Gasteiger partial charge in [-0.15, -0.1) is 0 Å². The van der Waals surface area contributed by atoms with Crippen LogP contribution in [0.15, 0.2) is 12.2 Å². The summed E-state index contributed by atoms with van der Waals surface area (Å²) in [6.07, 6.45) is 10.5. The molecule has 4 heteroatoms. The lowest BCUT2D eigenvalue weighted by atomic mass is 9.82. The fraction of sp³-hybridized carbons (Fsp3) is 0.750. The zero-order valence-corrected chi connectivity index (χ0v) is 12.6. The Morgan fingerprint density at radius 2 is 1.85 bits per heavy atom. The lowest BCUT2D eigenvalue weighted by Crippen LogP contribution is -2.42. The van der Waals surface area contributed by atoms with Gasteiger partial charge in [0.2, 0.25) is 5.91 Å². The molecule has 1 amide bonds. The van der Waals surface area contributed by atoms with Crippen molar-refractivity contribution in [3.8, 4) is 0 Å². The summed E-state index contributed by atoms with van der Waals surface area (Å²) >= 11 is 0. The summed E-state index contributed by atoms with van der Waals surface area (Å²) in [5.74, 6) is -1.97. The number of hydrogen-bond acceptors (Lipinski definition) is 2. The average Bonchev–Trinajstić information content (AvgIpc) is 2.43. The molecule has 20 heavy (non-hydrogen) atoms. The van der Waals surface area contributed by atoms with Crippen molar-refractivity contribution in [2.24, 2.45) is 11.8 Å². The smallest absolute Gasteiger partial charge is 0.307 e. The predicted octanol–water partition coefficient (Wildman–Crippen LogP) is 3.13. The molecule has 0 aliphatic heterocycles. The molecule has 0 aromatic rings. The Labute approximate surface area is 121 Å². The van der Waals surface area contributed by atoms with Gasteiger partial charge in [-0.25, -0.2) is 0 Å². The van der Waals surface area contributed by atoms with Gasteiger partial charge in [0.25, 0.3) is 0 Å². The first-order chi connectivity index (χ1) is 9.56. The maximum Gasteiger partial charge on any atom is 0.307 e. The average molecular weight is 281 g/mol. The Morgan fingerprint density at radius 3 is 2.45 bits per heavy atom. The standard InChI is InChI=1S/C16H27NO3/c1-3-4-5-6-9-12(2)17-15(18)13-10-7-8-11-14(13)16(19)20/h7-8,12-14H,3-6,9-11H2,1-2H3,(H,17,18)(H,19,20). The highest BCUT2D eigenvalue weighted by molar-refractivity contribution is 5.85. The van der Waals surface area contributed by atoms with Crippen LogP contribution >= 0.6 is 0 Å². The molecule has 0 aromatic carbocycles. The van der Waals surface area contributed by atoms with Crippen molar-refractivity contribution in [1.82, 2.24) is 5.32 Å². The molecule has 0 saturated carbocycles. The van der Waals surface area contributed by atoms with E-state index in [2.05, 4.69) is 12.2 Å². The van der Waals surface area contributed by atoms with Gasteiger partial charge in [-0.2, -0.15) is 0 Å². The number of rotatable bonds is 8. The van der Waals surface area contributed by atoms with E-state index in [4.69, 9.17) is 0 Å². The van der Waals surface area contributed by atoms with E-state index in [1.807, 2.05) is 19.1 Å². The van der Waals surface area contributed by atoms with Crippen LogP contribution < -0.4 is 5.32 Å². The normalized spacial score (nSPS) is 23.3. The van der Waals surface area contributed by atoms with Crippen molar-refractivity contribution >= 4 is 11.9 Å². The Morgan fingerprint density at radius 1 is 1.20 bits per heavy atom. The molecule has 1 rings (SSSR count). The van der Waals surface area contributed by atoms with Crippen LogP contribution in [-0.2, 0) is 9.59 Å². The SMILES string of the molecule is CCCCCCC(C)NC(=O)C1CC=CCC1C(=O)O. The van der Waals surface area contributed by atoms with Gasteiger partial charge in [0, 0.05) is 6.04 Å². The molecular formula is C16H27NO3. The van der Waals surface area contributed by atoms with Crippen LogP contribution in [0.2, 0.25) is 0 Å². The number of carboxylic acids is 1. The van der Waals surface area contributed by atoms with Gasteiger partial charge in [-0.1, -0.05) is 44.8 Å². The topological polar surface area (TPSA) is 66.4 Å². The van der Waals surface area contributed by atoms with Gasteiger partial charge in [0.1, 0.15) is 0 Å². The van der Waals surface area contributed by atoms with Crippen molar-refractivity contribution in [2.75, 3.05) is 0 Å². The molecule has 1 aliphatic rings. The van der Waals surface area contributed by atoms with Gasteiger partial charge in [-0.3, -0.25) is 9.59 Å². The summed E-state index contributed by atoms with van der Waals surface area (Å²) < 4.78 is 0. The molecule has 4 nitrogen and oxygen atoms in total. The molecule has 0 saturated heterocycles. The molecule has 2 N–H and O–H groups in total. The first kappa shape index (κ1) is 16.7. The monoisotopic (exact) mass is 281 g/mol. The lowest BCUT2D eigenvalue weighted by molar-refractivity contribution is -0.147. The lowest BCUT2D eigenvalue weighted by Gasteiger charge is -2.26. The fourth-order valence-corrected chi connectivity index (χ4v) is 2.68. The maximum absolute atomic E-state index is 12.2. The van der Waals surface area contributed by atoms with Crippen LogP contribution in [0.25, 0.3) is 0 Å². The third-order valence-electron chi connectivity index (χ3n) is 3.97. The quantitative estimate of drug-likeness (QED) is 0.530. The van der Waals surface area contributed by atoms with Crippen LogP contribution in [0, 0.1) is 11.8 Å². The third kappa shape index (κ3) is 5.35. The molecule has 0 radical (unpaired) electrons. The van der Waals surface area contributed by atoms with Crippen LogP contribution in [0.1, 0.15) is 58.8 Å². The Hall–Kier alpha value is -1.32. The van der Waals surface area contributed by atoms with Gasteiger partial charge in [0.05, 0.1) is 11.8 Å². The molecule has 0 spiro atoms. The van der Waals surface area contributed by atoms with Gasteiger partial charge >= 0.3 is 5.97 Å². The van der Waals surface area contributed by atoms with E-state index in [0.29, 0.717) is 12.8 Å². The number of allylic oxidation sites excluding steroid dienone is 2. The number of carboxylic acid groups (broad SMARTS) is 1. The summed E-state index contributed by atoms with van der Waals surface area (Å²) in [5.41, 5.74) is 0. The molecule has 1 aliphatic carbocycles. The predicted molar refractivity (Wildman–Crippen MR) is 79.4 cm³/mol. The second-order valence-electron chi connectivity index (χ2n) is 5.75. The molecule has 114 valence electrons. The number of carbonyl (C=O) groups is 2. The van der Waals surface area contributed by atoms with Crippen molar-refractivity contribution in [2.45, 2.75) is 64.8 Å². The summed E-state index contributed by atoms with van der Waals surface area (Å²) in [6.45, 7) is 4.17. The first-order valence-corrected chi connectivity index (χ1v) is 7.74. The van der Waals surface area contributed by atoms with E-state index in [-0.39, 0.29) is 11.9 Å². The van der Waals surface area contributed by atoms with E-state index < -0.39 is 17.8 Å². The number of hydrogen-bond donors (Lipinski definition) is 2. The van der Waals surface area contributed by atoms with Crippen molar-refractivity contribution in [3.05, 3.63) is 12.2 Å². The van der Waals surface area contributed by atoms with Crippen molar-refractivity contribution in [3.63, 3.8) is 0 Å². The number of amides is 1. The van der Waals surface area contributed by atoms with Crippen LogP contribution in [0.3, 0.4) is 0 Å². The van der Waals surface area contributed by atoms with Gasteiger partial charge in [-0.05, 0) is 26.2 Å². The second-order valence-corrected chi connectivity index (χ2v) is 5.75. The highest BCUT2D eigenvalue weighted by Crippen LogP contribution is 2.26. The minimum absolute atomic E-state index is 0.107. The van der Waals surface area contributed by atoms with Crippen LogP contribution in [-0.4, -0.2) is 23.0 Å². The highest BCUT2D eigenvalue weighted by Gasteiger charge is 2.34. The zero-order valence-electron chi connectivity index (χ0n) is 12.6. The molecule has 3 atom stereocenters. The Bertz CT molecular complexity index is 352.